The van der Waals surface area contributed by atoms with Gasteiger partial charge in [0.15, 0.2) is 0 Å². The van der Waals surface area contributed by atoms with Crippen LogP contribution in [0.25, 0.3) is 0 Å². The second-order valence-corrected chi connectivity index (χ2v) is 7.43. The summed E-state index contributed by atoms with van der Waals surface area (Å²) < 4.78 is 5.10. The molecule has 5 heteroatoms. The second kappa shape index (κ2) is 6.34. The molecule has 1 heterocycles. The van der Waals surface area contributed by atoms with Gasteiger partial charge in [-0.05, 0) is 42.9 Å². The van der Waals surface area contributed by atoms with Gasteiger partial charge in [0, 0.05) is 13.7 Å². The van der Waals surface area contributed by atoms with Gasteiger partial charge in [-0.2, -0.15) is 4.99 Å². The van der Waals surface area contributed by atoms with Crippen molar-refractivity contribution in [2.45, 2.75) is 52.5 Å². The van der Waals surface area contributed by atoms with Gasteiger partial charge in [0.2, 0.25) is 0 Å². The van der Waals surface area contributed by atoms with Crippen LogP contribution in [-0.4, -0.2) is 43.1 Å². The molecule has 1 fully saturated rings. The molecule has 120 valence electrons. The highest BCUT2D eigenvalue weighted by atomic mass is 16.5. The third kappa shape index (κ3) is 3.57. The van der Waals surface area contributed by atoms with Crippen LogP contribution in [0.2, 0.25) is 0 Å². The molecule has 2 N–H and O–H groups in total. The largest absolute Gasteiger partial charge is 0.385 e. The molecule has 1 unspecified atom stereocenters. The number of hydrogen-bond donors (Lipinski definition) is 1. The molecule has 0 aromatic carbocycles. The van der Waals surface area contributed by atoms with E-state index in [1.54, 1.807) is 12.0 Å². The third-order valence-electron chi connectivity index (χ3n) is 5.09. The third-order valence-corrected chi connectivity index (χ3v) is 5.09. The summed E-state index contributed by atoms with van der Waals surface area (Å²) in [5.41, 5.74) is 6.40. The van der Waals surface area contributed by atoms with Crippen molar-refractivity contribution < 1.29 is 9.53 Å². The summed E-state index contributed by atoms with van der Waals surface area (Å²) in [6, 6.07) is -0.221. The Hall–Kier alpha value is -1.10. The van der Waals surface area contributed by atoms with Crippen LogP contribution in [-0.2, 0) is 4.74 Å². The van der Waals surface area contributed by atoms with E-state index >= 15 is 0 Å². The fraction of sp³-hybridized carbons (Fsp3) is 0.875. The smallest absolute Gasteiger partial charge is 0.345 e. The number of nitrogens with two attached hydrogens (primary N) is 1. The molecule has 0 bridgehead atoms. The van der Waals surface area contributed by atoms with Crippen LogP contribution in [0.15, 0.2) is 4.99 Å². The minimum Gasteiger partial charge on any atom is -0.385 e. The number of rotatable bonds is 4. The summed E-state index contributed by atoms with van der Waals surface area (Å²) in [5, 5.41) is 0. The molecule has 1 atom stereocenters. The Morgan fingerprint density at radius 2 is 1.90 bits per heavy atom. The number of amidine groups is 1. The van der Waals surface area contributed by atoms with E-state index in [0.29, 0.717) is 30.3 Å². The number of methoxy groups -OCH3 is 1. The van der Waals surface area contributed by atoms with Crippen LogP contribution >= 0.6 is 0 Å². The Balaban J connectivity index is 2.00. The molecular weight excluding hydrogens is 266 g/mol. The van der Waals surface area contributed by atoms with Gasteiger partial charge in [-0.25, -0.2) is 4.79 Å². The molecule has 0 aromatic heterocycles. The molecule has 1 aliphatic carbocycles. The second-order valence-electron chi connectivity index (χ2n) is 7.43. The van der Waals surface area contributed by atoms with E-state index in [-0.39, 0.29) is 12.1 Å². The summed E-state index contributed by atoms with van der Waals surface area (Å²) in [7, 11) is 1.65. The van der Waals surface area contributed by atoms with Crippen LogP contribution in [0.1, 0.15) is 46.5 Å². The van der Waals surface area contributed by atoms with E-state index in [1.165, 1.54) is 12.8 Å². The highest BCUT2D eigenvalue weighted by Gasteiger charge is 2.41. The van der Waals surface area contributed by atoms with Crippen LogP contribution in [0.4, 0.5) is 4.79 Å². The molecule has 1 aliphatic heterocycles. The molecule has 21 heavy (non-hydrogen) atoms. The van der Waals surface area contributed by atoms with Gasteiger partial charge >= 0.3 is 6.03 Å². The lowest BCUT2D eigenvalue weighted by Crippen LogP contribution is -2.48. The normalized spacial score (nSPS) is 30.7. The number of carbonyl (C=O) groups excluding carboxylic acids is 1. The summed E-state index contributed by atoms with van der Waals surface area (Å²) >= 11 is 0. The molecule has 0 saturated heterocycles. The van der Waals surface area contributed by atoms with Crippen molar-refractivity contribution in [1.29, 1.82) is 0 Å². The Bertz CT molecular complexity index is 406. The van der Waals surface area contributed by atoms with Crippen molar-refractivity contribution in [2.75, 3.05) is 20.3 Å². The van der Waals surface area contributed by atoms with E-state index in [0.717, 1.165) is 18.8 Å². The molecule has 0 spiro atoms. The SMILES string of the molecule is COCCN1C(=O)N=C(N)C1C1CCC(C(C)(C)C)CC1. The molecule has 5 nitrogen and oxygen atoms in total. The zero-order valence-corrected chi connectivity index (χ0v) is 13.8. The number of hydrogen-bond acceptors (Lipinski definition) is 3. The van der Waals surface area contributed by atoms with Crippen molar-refractivity contribution in [2.24, 2.45) is 28.0 Å². The first-order chi connectivity index (χ1) is 9.84. The maximum Gasteiger partial charge on any atom is 0.345 e. The minimum absolute atomic E-state index is 0.0198. The summed E-state index contributed by atoms with van der Waals surface area (Å²) in [5.74, 6) is 1.70. The van der Waals surface area contributed by atoms with E-state index in [2.05, 4.69) is 25.8 Å². The quantitative estimate of drug-likeness (QED) is 0.867. The Morgan fingerprint density at radius 1 is 1.29 bits per heavy atom. The number of ether oxygens (including phenoxy) is 1. The average molecular weight is 295 g/mol. The fourth-order valence-electron chi connectivity index (χ4n) is 3.74. The van der Waals surface area contributed by atoms with Gasteiger partial charge < -0.3 is 15.4 Å². The summed E-state index contributed by atoms with van der Waals surface area (Å²) in [6.07, 6.45) is 4.67. The van der Waals surface area contributed by atoms with Crippen LogP contribution in [0.3, 0.4) is 0 Å². The molecule has 2 rings (SSSR count). The lowest BCUT2D eigenvalue weighted by molar-refractivity contribution is 0.104. The predicted molar refractivity (Wildman–Crippen MR) is 84.3 cm³/mol. The number of carbonyl (C=O) groups is 1. The van der Waals surface area contributed by atoms with E-state index < -0.39 is 0 Å². The lowest BCUT2D eigenvalue weighted by atomic mass is 9.68. The Kier molecular flexibility index (Phi) is 4.91. The summed E-state index contributed by atoms with van der Waals surface area (Å²) in [4.78, 5) is 17.7. The van der Waals surface area contributed by atoms with Gasteiger partial charge in [-0.15, -0.1) is 0 Å². The number of nitrogens with zero attached hydrogens (tertiary/aromatic N) is 2. The topological polar surface area (TPSA) is 67.9 Å². The van der Waals surface area contributed by atoms with Crippen molar-refractivity contribution in [3.8, 4) is 0 Å². The highest BCUT2D eigenvalue weighted by molar-refractivity contribution is 6.03. The first-order valence-corrected chi connectivity index (χ1v) is 7.98. The van der Waals surface area contributed by atoms with E-state index in [9.17, 15) is 4.79 Å². The number of amides is 2. The van der Waals surface area contributed by atoms with Gasteiger partial charge in [-0.1, -0.05) is 20.8 Å². The first kappa shape index (κ1) is 16.3. The van der Waals surface area contributed by atoms with Gasteiger partial charge in [0.25, 0.3) is 0 Å². The molecular formula is C16H29N3O2. The van der Waals surface area contributed by atoms with Gasteiger partial charge in [-0.3, -0.25) is 0 Å². The monoisotopic (exact) mass is 295 g/mol. The van der Waals surface area contributed by atoms with Crippen LogP contribution < -0.4 is 5.73 Å². The first-order valence-electron chi connectivity index (χ1n) is 7.98. The maximum absolute atomic E-state index is 12.0. The zero-order chi connectivity index (χ0) is 15.6. The number of urea groups is 1. The highest BCUT2D eigenvalue weighted by Crippen LogP contribution is 2.42. The summed E-state index contributed by atoms with van der Waals surface area (Å²) in [6.45, 7) is 8.05. The fourth-order valence-corrected chi connectivity index (χ4v) is 3.74. The van der Waals surface area contributed by atoms with E-state index in [1.807, 2.05) is 0 Å². The van der Waals surface area contributed by atoms with Crippen molar-refractivity contribution in [1.82, 2.24) is 4.90 Å². The molecule has 1 saturated carbocycles. The molecule has 0 radical (unpaired) electrons. The molecule has 0 aromatic rings. The van der Waals surface area contributed by atoms with Crippen molar-refractivity contribution in [3.05, 3.63) is 0 Å². The average Bonchev–Trinajstić information content (AvgIpc) is 2.70. The lowest BCUT2D eigenvalue weighted by Gasteiger charge is -2.40. The van der Waals surface area contributed by atoms with Crippen molar-refractivity contribution in [3.63, 3.8) is 0 Å². The van der Waals surface area contributed by atoms with E-state index in [4.69, 9.17) is 10.5 Å². The molecule has 2 aliphatic rings. The zero-order valence-electron chi connectivity index (χ0n) is 13.8. The Labute approximate surface area is 127 Å². The molecule has 2 amide bonds. The minimum atomic E-state index is -0.201. The standard InChI is InChI=1S/C16H29N3O2/c1-16(2,3)12-7-5-11(6-8-12)13-14(17)18-15(20)19(13)9-10-21-4/h11-13H,5-10H2,1-4H3,(H2,17,18,20). The number of aliphatic imine (C=N–C) groups is 1. The predicted octanol–water partition coefficient (Wildman–Crippen LogP) is 2.65. The Morgan fingerprint density at radius 3 is 2.43 bits per heavy atom. The van der Waals surface area contributed by atoms with Gasteiger partial charge in [0.1, 0.15) is 5.84 Å². The maximum atomic E-state index is 12.0. The van der Waals surface area contributed by atoms with Crippen LogP contribution in [0, 0.1) is 17.3 Å². The van der Waals surface area contributed by atoms with Crippen molar-refractivity contribution >= 4 is 11.9 Å². The van der Waals surface area contributed by atoms with Crippen LogP contribution in [0.5, 0.6) is 0 Å². The van der Waals surface area contributed by atoms with Gasteiger partial charge in [0.05, 0.1) is 12.6 Å².